The Hall–Kier alpha value is -0.0400. The highest BCUT2D eigenvalue weighted by Crippen LogP contribution is 2.58. The van der Waals surface area contributed by atoms with Crippen LogP contribution in [0.25, 0.3) is 0 Å². The van der Waals surface area contributed by atoms with E-state index in [9.17, 15) is 0 Å². The highest BCUT2D eigenvalue weighted by molar-refractivity contribution is 5.12. The summed E-state index contributed by atoms with van der Waals surface area (Å²) in [6.45, 7) is 1.35. The molecular formula is C13H21N. The molecule has 0 aromatic carbocycles. The van der Waals surface area contributed by atoms with E-state index in [2.05, 4.69) is 5.32 Å². The normalized spacial score (nSPS) is 53.1. The van der Waals surface area contributed by atoms with Gasteiger partial charge in [-0.3, -0.25) is 0 Å². The van der Waals surface area contributed by atoms with Crippen LogP contribution in [0.2, 0.25) is 0 Å². The fraction of sp³-hybridized carbons (Fsp3) is 1.00. The largest absolute Gasteiger partial charge is 0.312 e. The summed E-state index contributed by atoms with van der Waals surface area (Å²) in [7, 11) is 0. The van der Waals surface area contributed by atoms with Crippen LogP contribution in [0.5, 0.6) is 0 Å². The van der Waals surface area contributed by atoms with Crippen LogP contribution in [0, 0.1) is 23.2 Å². The molecule has 1 nitrogen and oxygen atoms in total. The van der Waals surface area contributed by atoms with Gasteiger partial charge in [-0.25, -0.2) is 0 Å². The molecule has 3 aliphatic carbocycles. The van der Waals surface area contributed by atoms with Crippen LogP contribution in [0.1, 0.15) is 44.9 Å². The molecular weight excluding hydrogens is 170 g/mol. The second kappa shape index (κ2) is 2.55. The maximum Gasteiger partial charge on any atom is 0.0167 e. The quantitative estimate of drug-likeness (QED) is 0.671. The number of fused-ring (bicyclic) bond motifs is 2. The second-order valence-electron chi connectivity index (χ2n) is 6.41. The predicted octanol–water partition coefficient (Wildman–Crippen LogP) is 2.56. The molecule has 4 unspecified atom stereocenters. The SMILES string of the molecule is C1CC2(C1)CNC2C1CC2CCC1C2. The van der Waals surface area contributed by atoms with Crippen LogP contribution in [0.15, 0.2) is 0 Å². The zero-order chi connectivity index (χ0) is 9.17. The van der Waals surface area contributed by atoms with E-state index < -0.39 is 0 Å². The summed E-state index contributed by atoms with van der Waals surface area (Å²) in [6.07, 6.45) is 10.9. The van der Waals surface area contributed by atoms with Crippen molar-refractivity contribution >= 4 is 0 Å². The van der Waals surface area contributed by atoms with Gasteiger partial charge in [-0.2, -0.15) is 0 Å². The molecule has 1 spiro atoms. The van der Waals surface area contributed by atoms with Gasteiger partial charge in [0, 0.05) is 12.6 Å². The third kappa shape index (κ3) is 0.856. The van der Waals surface area contributed by atoms with Crippen molar-refractivity contribution in [2.45, 2.75) is 51.0 Å². The summed E-state index contributed by atoms with van der Waals surface area (Å²) in [5.74, 6) is 3.34. The molecule has 0 amide bonds. The monoisotopic (exact) mass is 191 g/mol. The lowest BCUT2D eigenvalue weighted by Gasteiger charge is -2.60. The Bertz CT molecular complexity index is 250. The first-order valence-corrected chi connectivity index (χ1v) is 6.61. The van der Waals surface area contributed by atoms with Crippen LogP contribution < -0.4 is 5.32 Å². The van der Waals surface area contributed by atoms with Gasteiger partial charge in [0.15, 0.2) is 0 Å². The predicted molar refractivity (Wildman–Crippen MR) is 57.0 cm³/mol. The van der Waals surface area contributed by atoms with Gasteiger partial charge in [-0.05, 0) is 55.3 Å². The average molecular weight is 191 g/mol. The minimum absolute atomic E-state index is 0.815. The molecule has 1 aliphatic heterocycles. The van der Waals surface area contributed by atoms with Gasteiger partial charge < -0.3 is 5.32 Å². The van der Waals surface area contributed by atoms with Crippen LogP contribution in [-0.4, -0.2) is 12.6 Å². The minimum atomic E-state index is 0.815. The van der Waals surface area contributed by atoms with E-state index in [1.807, 2.05) is 0 Å². The molecule has 2 bridgehead atoms. The van der Waals surface area contributed by atoms with Crippen molar-refractivity contribution in [1.29, 1.82) is 0 Å². The van der Waals surface area contributed by atoms with Gasteiger partial charge in [0.05, 0.1) is 0 Å². The molecule has 14 heavy (non-hydrogen) atoms. The van der Waals surface area contributed by atoms with Gasteiger partial charge >= 0.3 is 0 Å². The zero-order valence-corrected chi connectivity index (χ0v) is 8.97. The highest BCUT2D eigenvalue weighted by atomic mass is 15.1. The van der Waals surface area contributed by atoms with Crippen LogP contribution in [-0.2, 0) is 0 Å². The van der Waals surface area contributed by atoms with E-state index in [0.29, 0.717) is 0 Å². The van der Waals surface area contributed by atoms with Crippen LogP contribution >= 0.6 is 0 Å². The van der Waals surface area contributed by atoms with E-state index in [4.69, 9.17) is 0 Å². The van der Waals surface area contributed by atoms with Gasteiger partial charge in [0.2, 0.25) is 0 Å². The van der Waals surface area contributed by atoms with Crippen molar-refractivity contribution in [3.8, 4) is 0 Å². The van der Waals surface area contributed by atoms with Gasteiger partial charge in [0.1, 0.15) is 0 Å². The standard InChI is InChI=1S/C13H21N/c1-4-13(5-1)8-14-12(13)11-7-9-2-3-10(11)6-9/h9-12,14H,1-8H2. The first-order chi connectivity index (χ1) is 6.87. The summed E-state index contributed by atoms with van der Waals surface area (Å²) in [4.78, 5) is 0. The van der Waals surface area contributed by atoms with Crippen molar-refractivity contribution in [2.24, 2.45) is 23.2 Å². The van der Waals surface area contributed by atoms with E-state index in [1.54, 1.807) is 38.5 Å². The molecule has 0 aromatic heterocycles. The lowest BCUT2D eigenvalue weighted by Crippen LogP contribution is -2.68. The maximum absolute atomic E-state index is 3.77. The van der Waals surface area contributed by atoms with Crippen molar-refractivity contribution in [2.75, 3.05) is 6.54 Å². The van der Waals surface area contributed by atoms with Crippen molar-refractivity contribution in [1.82, 2.24) is 5.32 Å². The van der Waals surface area contributed by atoms with Crippen LogP contribution in [0.4, 0.5) is 0 Å². The van der Waals surface area contributed by atoms with E-state index in [0.717, 1.165) is 29.2 Å². The molecule has 78 valence electrons. The summed E-state index contributed by atoms with van der Waals surface area (Å²) in [5, 5.41) is 3.77. The second-order valence-corrected chi connectivity index (χ2v) is 6.41. The lowest BCUT2D eigenvalue weighted by molar-refractivity contribution is -0.0465. The van der Waals surface area contributed by atoms with E-state index >= 15 is 0 Å². The van der Waals surface area contributed by atoms with Gasteiger partial charge in [-0.1, -0.05) is 12.8 Å². The number of rotatable bonds is 1. The molecule has 3 saturated carbocycles. The summed E-state index contributed by atoms with van der Waals surface area (Å²) >= 11 is 0. The Balaban J connectivity index is 1.54. The first-order valence-electron chi connectivity index (χ1n) is 6.61. The van der Waals surface area contributed by atoms with E-state index in [1.165, 1.54) is 13.0 Å². The molecule has 4 rings (SSSR count). The van der Waals surface area contributed by atoms with Crippen molar-refractivity contribution < 1.29 is 0 Å². The van der Waals surface area contributed by atoms with Gasteiger partial charge in [0.25, 0.3) is 0 Å². The fourth-order valence-electron chi connectivity index (χ4n) is 4.93. The minimum Gasteiger partial charge on any atom is -0.312 e. The molecule has 1 saturated heterocycles. The number of nitrogens with one attached hydrogen (secondary N) is 1. The van der Waals surface area contributed by atoms with Crippen molar-refractivity contribution in [3.63, 3.8) is 0 Å². The fourth-order valence-corrected chi connectivity index (χ4v) is 4.93. The molecule has 4 fully saturated rings. The topological polar surface area (TPSA) is 12.0 Å². The molecule has 0 radical (unpaired) electrons. The molecule has 4 aliphatic rings. The van der Waals surface area contributed by atoms with Gasteiger partial charge in [-0.15, -0.1) is 0 Å². The molecule has 0 aromatic rings. The lowest BCUT2D eigenvalue weighted by atomic mass is 9.55. The van der Waals surface area contributed by atoms with Crippen LogP contribution in [0.3, 0.4) is 0 Å². The summed E-state index contributed by atoms with van der Waals surface area (Å²) in [6, 6.07) is 0.951. The molecule has 1 N–H and O–H groups in total. The number of hydrogen-bond acceptors (Lipinski definition) is 1. The highest BCUT2D eigenvalue weighted by Gasteiger charge is 2.57. The molecule has 4 atom stereocenters. The first kappa shape index (κ1) is 8.15. The average Bonchev–Trinajstić information content (AvgIpc) is 2.59. The summed E-state index contributed by atoms with van der Waals surface area (Å²) in [5.41, 5.74) is 0.815. The Morgan fingerprint density at radius 3 is 2.43 bits per heavy atom. The summed E-state index contributed by atoms with van der Waals surface area (Å²) < 4.78 is 0. The molecule has 1 heterocycles. The smallest absolute Gasteiger partial charge is 0.0167 e. The number of hydrogen-bond donors (Lipinski definition) is 1. The Labute approximate surface area is 86.6 Å². The van der Waals surface area contributed by atoms with E-state index in [-0.39, 0.29) is 0 Å². The Morgan fingerprint density at radius 2 is 2.00 bits per heavy atom. The Kier molecular flexibility index (Phi) is 1.49. The maximum atomic E-state index is 3.77. The third-order valence-corrected chi connectivity index (χ3v) is 5.90. The zero-order valence-electron chi connectivity index (χ0n) is 8.97. The third-order valence-electron chi connectivity index (χ3n) is 5.90. The molecule has 1 heteroatoms. The Morgan fingerprint density at radius 1 is 1.07 bits per heavy atom. The van der Waals surface area contributed by atoms with Crippen molar-refractivity contribution in [3.05, 3.63) is 0 Å².